The predicted molar refractivity (Wildman–Crippen MR) is 126 cm³/mol. The number of H-pyrrole nitrogens is 1. The van der Waals surface area contributed by atoms with Crippen LogP contribution in [0.4, 0.5) is 5.95 Å². The molecule has 0 saturated heterocycles. The zero-order valence-corrected chi connectivity index (χ0v) is 17.8. The van der Waals surface area contributed by atoms with Crippen molar-refractivity contribution in [3.8, 4) is 11.3 Å². The summed E-state index contributed by atoms with van der Waals surface area (Å²) in [5, 5.41) is 6.36. The number of anilines is 1. The summed E-state index contributed by atoms with van der Waals surface area (Å²) < 4.78 is 6.20. The molecule has 2 heterocycles. The zero-order valence-electron chi connectivity index (χ0n) is 17.8. The first-order valence-corrected chi connectivity index (χ1v) is 10.4. The second-order valence-electron chi connectivity index (χ2n) is 8.65. The highest BCUT2D eigenvalue weighted by atomic mass is 16.3. The maximum absolute atomic E-state index is 6.20. The van der Waals surface area contributed by atoms with Crippen LogP contribution in [-0.4, -0.2) is 9.97 Å². The molecule has 0 radical (unpaired) electrons. The summed E-state index contributed by atoms with van der Waals surface area (Å²) in [7, 11) is 0. The van der Waals surface area contributed by atoms with Gasteiger partial charge in [-0.05, 0) is 35.2 Å². The molecule has 5 heteroatoms. The molecule has 5 aromatic rings. The van der Waals surface area contributed by atoms with Crippen molar-refractivity contribution in [3.63, 3.8) is 0 Å². The summed E-state index contributed by atoms with van der Waals surface area (Å²) in [6.45, 7) is 6.63. The number of imidazole rings is 1. The van der Waals surface area contributed by atoms with Crippen molar-refractivity contribution in [1.82, 2.24) is 9.97 Å². The minimum atomic E-state index is 0.107. The summed E-state index contributed by atoms with van der Waals surface area (Å²) in [5.41, 5.74) is 8.12. The maximum Gasteiger partial charge on any atom is 0.222 e. The number of aromatic amines is 1. The van der Waals surface area contributed by atoms with Gasteiger partial charge in [-0.25, -0.2) is 10.4 Å². The number of nitrogens with zero attached hydrogens (tertiary/aromatic N) is 2. The molecular weight excluding hydrogens is 384 g/mol. The molecule has 2 aromatic heterocycles. The summed E-state index contributed by atoms with van der Waals surface area (Å²) >= 11 is 0. The lowest BCUT2D eigenvalue weighted by Crippen LogP contribution is -2.10. The van der Waals surface area contributed by atoms with Gasteiger partial charge in [0.05, 0.1) is 16.4 Å². The lowest BCUT2D eigenvalue weighted by Gasteiger charge is -2.19. The van der Waals surface area contributed by atoms with Crippen molar-refractivity contribution in [2.24, 2.45) is 5.10 Å². The van der Waals surface area contributed by atoms with Crippen LogP contribution in [0.15, 0.2) is 88.4 Å². The van der Waals surface area contributed by atoms with Crippen LogP contribution < -0.4 is 10.8 Å². The summed E-state index contributed by atoms with van der Waals surface area (Å²) in [4.78, 5) is 7.78. The van der Waals surface area contributed by atoms with E-state index in [-0.39, 0.29) is 5.41 Å². The highest BCUT2D eigenvalue weighted by Gasteiger charge is 2.14. The molecule has 31 heavy (non-hydrogen) atoms. The van der Waals surface area contributed by atoms with Crippen molar-refractivity contribution in [2.45, 2.75) is 26.2 Å². The molecule has 2 N–H and O–H groups in total. The first-order valence-electron chi connectivity index (χ1n) is 10.4. The molecule has 0 fully saturated rings. The number of benzene rings is 3. The SMILES string of the molecule is CC(C)(C)c1ccc(-c2c/c(=N/Nc3nc4ccccc4[nH]3)c3ccccc3o2)cc1. The fraction of sp³-hybridized carbons (Fsp3) is 0.154. The molecule has 0 aliphatic heterocycles. The van der Waals surface area contributed by atoms with E-state index in [4.69, 9.17) is 4.42 Å². The lowest BCUT2D eigenvalue weighted by molar-refractivity contribution is 0.589. The van der Waals surface area contributed by atoms with Gasteiger partial charge in [0.25, 0.3) is 0 Å². The predicted octanol–water partition coefficient (Wildman–Crippen LogP) is 6.20. The molecular formula is C26H24N4O. The monoisotopic (exact) mass is 408 g/mol. The van der Waals surface area contributed by atoms with Gasteiger partial charge in [-0.3, -0.25) is 0 Å². The third-order valence-electron chi connectivity index (χ3n) is 5.36. The Morgan fingerprint density at radius 2 is 1.65 bits per heavy atom. The van der Waals surface area contributed by atoms with Gasteiger partial charge in [-0.15, -0.1) is 0 Å². The van der Waals surface area contributed by atoms with Crippen LogP contribution in [-0.2, 0) is 5.41 Å². The molecule has 3 aromatic carbocycles. The second kappa shape index (κ2) is 7.43. The van der Waals surface area contributed by atoms with Gasteiger partial charge >= 0.3 is 0 Å². The average molecular weight is 409 g/mol. The molecule has 0 aliphatic carbocycles. The third kappa shape index (κ3) is 3.82. The molecule has 0 atom stereocenters. The minimum Gasteiger partial charge on any atom is -0.456 e. The van der Waals surface area contributed by atoms with Crippen LogP contribution >= 0.6 is 0 Å². The average Bonchev–Trinajstić information content (AvgIpc) is 3.20. The molecule has 0 amide bonds. The van der Waals surface area contributed by atoms with E-state index in [2.05, 4.69) is 65.5 Å². The molecule has 5 rings (SSSR count). The van der Waals surface area contributed by atoms with Crippen molar-refractivity contribution < 1.29 is 4.42 Å². The Hall–Kier alpha value is -3.86. The molecule has 0 unspecified atom stereocenters. The van der Waals surface area contributed by atoms with E-state index in [0.717, 1.165) is 38.7 Å². The van der Waals surface area contributed by atoms with Gasteiger partial charge in [-0.1, -0.05) is 69.3 Å². The Balaban J connectivity index is 1.58. The molecule has 0 saturated carbocycles. The van der Waals surface area contributed by atoms with E-state index < -0.39 is 0 Å². The molecule has 0 aliphatic rings. The Labute approximate surface area is 180 Å². The lowest BCUT2D eigenvalue weighted by atomic mass is 9.86. The molecule has 5 nitrogen and oxygen atoms in total. The topological polar surface area (TPSA) is 66.2 Å². The quantitative estimate of drug-likeness (QED) is 0.349. The van der Waals surface area contributed by atoms with Crippen LogP contribution in [0.2, 0.25) is 0 Å². The van der Waals surface area contributed by atoms with Crippen LogP contribution in [0.5, 0.6) is 0 Å². The number of nitrogens with one attached hydrogen (secondary N) is 2. The fourth-order valence-corrected chi connectivity index (χ4v) is 3.61. The smallest absolute Gasteiger partial charge is 0.222 e. The van der Waals surface area contributed by atoms with E-state index in [0.29, 0.717) is 5.95 Å². The Bertz CT molecular complexity index is 1400. The number of para-hydroxylation sites is 3. The van der Waals surface area contributed by atoms with E-state index >= 15 is 0 Å². The number of fused-ring (bicyclic) bond motifs is 2. The van der Waals surface area contributed by atoms with E-state index in [1.807, 2.05) is 54.6 Å². The van der Waals surface area contributed by atoms with Gasteiger partial charge in [0, 0.05) is 17.0 Å². The molecule has 0 spiro atoms. The second-order valence-corrected chi connectivity index (χ2v) is 8.65. The number of aromatic nitrogens is 2. The standard InChI is InChI=1S/C26H24N4O/c1-26(2,3)18-14-12-17(13-15-18)24-16-22(19-8-4-7-11-23(19)31-24)29-30-25-27-20-9-5-6-10-21(20)28-25/h4-16H,1-3H3,(H2,27,28,30)/b29-22-. The number of rotatable bonds is 3. The van der Waals surface area contributed by atoms with Crippen LogP contribution in [0, 0.1) is 0 Å². The van der Waals surface area contributed by atoms with Gasteiger partial charge in [0.15, 0.2) is 0 Å². The Morgan fingerprint density at radius 3 is 2.42 bits per heavy atom. The maximum atomic E-state index is 6.20. The van der Waals surface area contributed by atoms with E-state index in [1.54, 1.807) is 0 Å². The largest absolute Gasteiger partial charge is 0.456 e. The first-order chi connectivity index (χ1) is 15.0. The number of hydrogen-bond acceptors (Lipinski definition) is 4. The normalized spacial score (nSPS) is 12.5. The van der Waals surface area contributed by atoms with Crippen LogP contribution in [0.25, 0.3) is 33.3 Å². The van der Waals surface area contributed by atoms with Crippen molar-refractivity contribution >= 4 is 28.0 Å². The van der Waals surface area contributed by atoms with Gasteiger partial charge in [0.2, 0.25) is 5.95 Å². The van der Waals surface area contributed by atoms with Gasteiger partial charge < -0.3 is 9.40 Å². The first kappa shape index (κ1) is 19.1. The summed E-state index contributed by atoms with van der Waals surface area (Å²) in [5.74, 6) is 1.37. The molecule has 154 valence electrons. The highest BCUT2D eigenvalue weighted by Crippen LogP contribution is 2.27. The Morgan fingerprint density at radius 1 is 0.903 bits per heavy atom. The van der Waals surface area contributed by atoms with Crippen molar-refractivity contribution in [2.75, 3.05) is 5.43 Å². The third-order valence-corrected chi connectivity index (χ3v) is 5.36. The minimum absolute atomic E-state index is 0.107. The van der Waals surface area contributed by atoms with Crippen LogP contribution in [0.3, 0.4) is 0 Å². The summed E-state index contributed by atoms with van der Waals surface area (Å²) in [6, 6.07) is 26.3. The Kier molecular flexibility index (Phi) is 4.59. The van der Waals surface area contributed by atoms with Gasteiger partial charge in [-0.2, -0.15) is 5.10 Å². The van der Waals surface area contributed by atoms with E-state index in [1.165, 1.54) is 5.56 Å². The van der Waals surface area contributed by atoms with Crippen molar-refractivity contribution in [3.05, 3.63) is 89.8 Å². The summed E-state index contributed by atoms with van der Waals surface area (Å²) in [6.07, 6.45) is 0. The molecule has 0 bridgehead atoms. The van der Waals surface area contributed by atoms with Gasteiger partial charge in [0.1, 0.15) is 11.3 Å². The van der Waals surface area contributed by atoms with Crippen molar-refractivity contribution in [1.29, 1.82) is 0 Å². The highest BCUT2D eigenvalue weighted by molar-refractivity contribution is 5.79. The number of hydrogen-bond donors (Lipinski definition) is 2. The zero-order chi connectivity index (χ0) is 21.4. The fourth-order valence-electron chi connectivity index (χ4n) is 3.61. The van der Waals surface area contributed by atoms with E-state index in [9.17, 15) is 0 Å². The van der Waals surface area contributed by atoms with Crippen LogP contribution in [0.1, 0.15) is 26.3 Å².